The second-order valence-corrected chi connectivity index (χ2v) is 6.53. The second kappa shape index (κ2) is 6.96. The van der Waals surface area contributed by atoms with Crippen molar-refractivity contribution in [3.63, 3.8) is 0 Å². The average molecular weight is 285 g/mol. The summed E-state index contributed by atoms with van der Waals surface area (Å²) in [5.41, 5.74) is 10.1. The predicted molar refractivity (Wildman–Crippen MR) is 88.5 cm³/mol. The Morgan fingerprint density at radius 2 is 1.80 bits per heavy atom. The van der Waals surface area contributed by atoms with E-state index in [1.54, 1.807) is 0 Å². The first kappa shape index (κ1) is 15.1. The van der Waals surface area contributed by atoms with Crippen LogP contribution >= 0.6 is 11.8 Å². The maximum atomic E-state index is 6.05. The number of nitrogens with two attached hydrogens (primary N) is 1. The minimum absolute atomic E-state index is 0.268. The highest BCUT2D eigenvalue weighted by atomic mass is 32.2. The highest BCUT2D eigenvalue weighted by Gasteiger charge is 2.06. The molecule has 2 aromatic rings. The summed E-state index contributed by atoms with van der Waals surface area (Å²) in [6.07, 6.45) is 2.00. The van der Waals surface area contributed by atoms with Gasteiger partial charge in [-0.05, 0) is 62.1 Å². The quantitative estimate of drug-likeness (QED) is 0.859. The molecule has 0 aromatic heterocycles. The number of aryl methyl sites for hydroxylation is 2. The number of rotatable bonds is 5. The van der Waals surface area contributed by atoms with Crippen LogP contribution in [0.15, 0.2) is 52.3 Å². The molecule has 1 atom stereocenters. The zero-order valence-electron chi connectivity index (χ0n) is 12.5. The van der Waals surface area contributed by atoms with Crippen LogP contribution in [0.1, 0.15) is 30.0 Å². The fourth-order valence-corrected chi connectivity index (χ4v) is 3.24. The summed E-state index contributed by atoms with van der Waals surface area (Å²) in [7, 11) is 0. The first-order valence-electron chi connectivity index (χ1n) is 7.18. The maximum Gasteiger partial charge on any atom is 0.0125 e. The molecule has 1 nitrogen and oxygen atoms in total. The molecule has 1 unspecified atom stereocenters. The van der Waals surface area contributed by atoms with Crippen LogP contribution in [0.5, 0.6) is 0 Å². The molecule has 0 aliphatic rings. The molecular formula is C18H23NS. The van der Waals surface area contributed by atoms with Crippen molar-refractivity contribution in [3.05, 3.63) is 59.2 Å². The molecule has 106 valence electrons. The number of hydrogen-bond donors (Lipinski definition) is 1. The van der Waals surface area contributed by atoms with Gasteiger partial charge in [-0.2, -0.15) is 0 Å². The van der Waals surface area contributed by atoms with E-state index in [0.29, 0.717) is 0 Å². The van der Waals surface area contributed by atoms with E-state index in [1.807, 2.05) is 11.8 Å². The lowest BCUT2D eigenvalue weighted by Gasteiger charge is -2.12. The van der Waals surface area contributed by atoms with Gasteiger partial charge in [0, 0.05) is 15.8 Å². The lowest BCUT2D eigenvalue weighted by molar-refractivity contribution is 0.644. The Morgan fingerprint density at radius 1 is 1.05 bits per heavy atom. The Morgan fingerprint density at radius 3 is 2.45 bits per heavy atom. The minimum Gasteiger partial charge on any atom is -0.327 e. The van der Waals surface area contributed by atoms with Gasteiger partial charge in [-0.15, -0.1) is 0 Å². The Labute approximate surface area is 126 Å². The highest BCUT2D eigenvalue weighted by molar-refractivity contribution is 7.99. The fraction of sp³-hybridized carbons (Fsp3) is 0.333. The molecule has 0 amide bonds. The molecule has 0 bridgehead atoms. The van der Waals surface area contributed by atoms with Crippen molar-refractivity contribution in [3.8, 4) is 0 Å². The molecule has 0 fully saturated rings. The first-order chi connectivity index (χ1) is 9.58. The summed E-state index contributed by atoms with van der Waals surface area (Å²) >= 11 is 1.82. The molecule has 0 spiro atoms. The number of hydrogen-bond acceptors (Lipinski definition) is 2. The third-order valence-electron chi connectivity index (χ3n) is 3.55. The van der Waals surface area contributed by atoms with E-state index in [4.69, 9.17) is 5.73 Å². The smallest absolute Gasteiger partial charge is 0.0125 e. The van der Waals surface area contributed by atoms with Crippen molar-refractivity contribution in [2.24, 2.45) is 5.73 Å². The van der Waals surface area contributed by atoms with E-state index < -0.39 is 0 Å². The van der Waals surface area contributed by atoms with Crippen LogP contribution in [0.4, 0.5) is 0 Å². The SMILES string of the molecule is CCC(N)Cc1ccc(Sc2cccc(C)c2)cc1C. The molecule has 2 heteroatoms. The van der Waals surface area contributed by atoms with Crippen molar-refractivity contribution in [1.82, 2.24) is 0 Å². The number of benzene rings is 2. The van der Waals surface area contributed by atoms with E-state index in [1.165, 1.54) is 26.5 Å². The summed E-state index contributed by atoms with van der Waals surface area (Å²) in [4.78, 5) is 2.59. The van der Waals surface area contributed by atoms with Crippen LogP contribution in [0.2, 0.25) is 0 Å². The van der Waals surface area contributed by atoms with Crippen molar-refractivity contribution in [2.45, 2.75) is 49.4 Å². The van der Waals surface area contributed by atoms with Gasteiger partial charge in [-0.25, -0.2) is 0 Å². The fourth-order valence-electron chi connectivity index (χ4n) is 2.20. The molecule has 0 radical (unpaired) electrons. The third kappa shape index (κ3) is 4.12. The molecule has 2 N–H and O–H groups in total. The minimum atomic E-state index is 0.268. The molecule has 0 aliphatic carbocycles. The molecule has 0 saturated heterocycles. The third-order valence-corrected chi connectivity index (χ3v) is 4.53. The highest BCUT2D eigenvalue weighted by Crippen LogP contribution is 2.29. The van der Waals surface area contributed by atoms with Crippen LogP contribution in [0, 0.1) is 13.8 Å². The molecule has 20 heavy (non-hydrogen) atoms. The average Bonchev–Trinajstić information content (AvgIpc) is 2.41. The topological polar surface area (TPSA) is 26.0 Å². The summed E-state index contributed by atoms with van der Waals surface area (Å²) in [6, 6.07) is 15.6. The van der Waals surface area contributed by atoms with Crippen molar-refractivity contribution < 1.29 is 0 Å². The summed E-state index contributed by atoms with van der Waals surface area (Å²) < 4.78 is 0. The molecule has 2 rings (SSSR count). The van der Waals surface area contributed by atoms with Gasteiger partial charge < -0.3 is 5.73 Å². The summed E-state index contributed by atoms with van der Waals surface area (Å²) in [6.45, 7) is 6.45. The Balaban J connectivity index is 2.13. The zero-order chi connectivity index (χ0) is 14.5. The van der Waals surface area contributed by atoms with Gasteiger partial charge >= 0.3 is 0 Å². The Bertz CT molecular complexity index is 577. The van der Waals surface area contributed by atoms with E-state index in [2.05, 4.69) is 63.2 Å². The van der Waals surface area contributed by atoms with Gasteiger partial charge in [0.25, 0.3) is 0 Å². The van der Waals surface area contributed by atoms with Crippen LogP contribution < -0.4 is 5.73 Å². The maximum absolute atomic E-state index is 6.05. The van der Waals surface area contributed by atoms with E-state index >= 15 is 0 Å². The lowest BCUT2D eigenvalue weighted by atomic mass is 10.0. The van der Waals surface area contributed by atoms with E-state index in [-0.39, 0.29) is 6.04 Å². The van der Waals surface area contributed by atoms with Crippen molar-refractivity contribution in [1.29, 1.82) is 0 Å². The van der Waals surface area contributed by atoms with Gasteiger partial charge in [-0.3, -0.25) is 0 Å². The van der Waals surface area contributed by atoms with E-state index in [0.717, 1.165) is 12.8 Å². The molecule has 0 heterocycles. The van der Waals surface area contributed by atoms with Crippen LogP contribution in [0.3, 0.4) is 0 Å². The largest absolute Gasteiger partial charge is 0.327 e. The summed E-state index contributed by atoms with van der Waals surface area (Å²) in [5, 5.41) is 0. The Kier molecular flexibility index (Phi) is 5.27. The molecule has 0 aliphatic heterocycles. The van der Waals surface area contributed by atoms with Gasteiger partial charge in [0.15, 0.2) is 0 Å². The van der Waals surface area contributed by atoms with Gasteiger partial charge in [0.2, 0.25) is 0 Å². The molecule has 2 aromatic carbocycles. The van der Waals surface area contributed by atoms with E-state index in [9.17, 15) is 0 Å². The van der Waals surface area contributed by atoms with Crippen molar-refractivity contribution >= 4 is 11.8 Å². The van der Waals surface area contributed by atoms with Crippen LogP contribution in [-0.4, -0.2) is 6.04 Å². The van der Waals surface area contributed by atoms with Gasteiger partial charge in [-0.1, -0.05) is 42.4 Å². The van der Waals surface area contributed by atoms with Crippen molar-refractivity contribution in [2.75, 3.05) is 0 Å². The Hall–Kier alpha value is -1.25. The standard InChI is InChI=1S/C18H23NS/c1-4-16(19)12-15-8-9-18(11-14(15)3)20-17-7-5-6-13(2)10-17/h5-11,16H,4,12,19H2,1-3H3. The monoisotopic (exact) mass is 285 g/mol. The summed E-state index contributed by atoms with van der Waals surface area (Å²) in [5.74, 6) is 0. The van der Waals surface area contributed by atoms with Gasteiger partial charge in [0.05, 0.1) is 0 Å². The van der Waals surface area contributed by atoms with Crippen LogP contribution in [0.25, 0.3) is 0 Å². The van der Waals surface area contributed by atoms with Crippen LogP contribution in [-0.2, 0) is 6.42 Å². The van der Waals surface area contributed by atoms with Gasteiger partial charge in [0.1, 0.15) is 0 Å². The lowest BCUT2D eigenvalue weighted by Crippen LogP contribution is -2.21. The zero-order valence-corrected chi connectivity index (χ0v) is 13.3. The first-order valence-corrected chi connectivity index (χ1v) is 7.99. The molecular weight excluding hydrogens is 262 g/mol. The second-order valence-electron chi connectivity index (χ2n) is 5.38. The predicted octanol–water partition coefficient (Wildman–Crippen LogP) is 4.73. The molecule has 0 saturated carbocycles. The normalized spacial score (nSPS) is 12.4.